The number of hydrogen-bond acceptors (Lipinski definition) is 6. The summed E-state index contributed by atoms with van der Waals surface area (Å²) in [5.74, 6) is -4.76. The van der Waals surface area contributed by atoms with E-state index in [9.17, 15) is 24.6 Å². The van der Waals surface area contributed by atoms with E-state index in [1.54, 1.807) is 0 Å². The summed E-state index contributed by atoms with van der Waals surface area (Å²) in [6.45, 7) is 2.05. The summed E-state index contributed by atoms with van der Waals surface area (Å²) in [7, 11) is 0. The minimum Gasteiger partial charge on any atom is -0.481 e. The van der Waals surface area contributed by atoms with Gasteiger partial charge in [0.2, 0.25) is 0 Å². The van der Waals surface area contributed by atoms with Gasteiger partial charge in [-0.25, -0.2) is 0 Å². The molecular weight excluding hydrogens is 344 g/mol. The zero-order chi connectivity index (χ0) is 19.7. The third-order valence-corrected chi connectivity index (χ3v) is 4.20. The van der Waals surface area contributed by atoms with Crippen molar-refractivity contribution in [2.75, 3.05) is 13.2 Å². The summed E-state index contributed by atoms with van der Waals surface area (Å²) in [4.78, 5) is 33.7. The zero-order valence-electron chi connectivity index (χ0n) is 14.8. The van der Waals surface area contributed by atoms with Gasteiger partial charge in [-0.3, -0.25) is 14.4 Å². The van der Waals surface area contributed by atoms with Gasteiger partial charge in [0.1, 0.15) is 6.61 Å². The number of hydrogen-bond donors (Lipinski definition) is 3. The first kappa shape index (κ1) is 21.6. The lowest BCUT2D eigenvalue weighted by atomic mass is 9.71. The van der Waals surface area contributed by atoms with Gasteiger partial charge in [0.25, 0.3) is 0 Å². The Morgan fingerprint density at radius 3 is 2.27 bits per heavy atom. The van der Waals surface area contributed by atoms with E-state index in [1.807, 2.05) is 30.3 Å². The lowest BCUT2D eigenvalue weighted by molar-refractivity contribution is -0.167. The maximum absolute atomic E-state index is 11.6. The minimum absolute atomic E-state index is 0.163. The molecule has 0 aromatic heterocycles. The summed E-state index contributed by atoms with van der Waals surface area (Å²) >= 11 is 0. The number of carbonyl (C=O) groups is 3. The largest absolute Gasteiger partial charge is 0.481 e. The van der Waals surface area contributed by atoms with Crippen LogP contribution in [0.4, 0.5) is 0 Å². The Balaban J connectivity index is 2.95. The Bertz CT molecular complexity index is 615. The number of benzene rings is 1. The molecule has 8 heteroatoms. The molecule has 2 unspecified atom stereocenters. The molecule has 0 aliphatic heterocycles. The second kappa shape index (κ2) is 9.88. The van der Waals surface area contributed by atoms with Crippen molar-refractivity contribution in [2.24, 2.45) is 11.3 Å². The van der Waals surface area contributed by atoms with Crippen molar-refractivity contribution in [3.05, 3.63) is 35.9 Å². The van der Waals surface area contributed by atoms with Gasteiger partial charge >= 0.3 is 17.9 Å². The molecule has 0 aliphatic rings. The lowest BCUT2D eigenvalue weighted by Gasteiger charge is -2.38. The van der Waals surface area contributed by atoms with Gasteiger partial charge in [0.15, 0.2) is 0 Å². The average Bonchev–Trinajstić information content (AvgIpc) is 2.57. The molecule has 0 heterocycles. The SMILES string of the molecule is CC(=O)OCC(O)C(C)(COCc1ccccc1)[C@H](CC(=O)O)C(=O)O. The Labute approximate surface area is 151 Å². The number of aliphatic hydroxyl groups excluding tert-OH is 1. The Morgan fingerprint density at radius 1 is 1.15 bits per heavy atom. The van der Waals surface area contributed by atoms with Crippen molar-refractivity contribution in [3.8, 4) is 0 Å². The molecule has 3 N–H and O–H groups in total. The third-order valence-electron chi connectivity index (χ3n) is 4.20. The van der Waals surface area contributed by atoms with Gasteiger partial charge in [-0.05, 0) is 5.56 Å². The predicted molar refractivity (Wildman–Crippen MR) is 90.2 cm³/mol. The van der Waals surface area contributed by atoms with Crippen molar-refractivity contribution in [3.63, 3.8) is 0 Å². The van der Waals surface area contributed by atoms with Crippen molar-refractivity contribution in [1.29, 1.82) is 0 Å². The van der Waals surface area contributed by atoms with E-state index in [2.05, 4.69) is 0 Å². The van der Waals surface area contributed by atoms with Crippen LogP contribution < -0.4 is 0 Å². The molecule has 0 amide bonds. The first-order chi connectivity index (χ1) is 12.2. The molecule has 0 aliphatic carbocycles. The summed E-state index contributed by atoms with van der Waals surface area (Å²) in [5.41, 5.74) is -0.636. The third kappa shape index (κ3) is 6.45. The van der Waals surface area contributed by atoms with E-state index in [0.717, 1.165) is 12.5 Å². The molecule has 144 valence electrons. The first-order valence-electron chi connectivity index (χ1n) is 8.04. The van der Waals surface area contributed by atoms with Crippen LogP contribution >= 0.6 is 0 Å². The number of ether oxygens (including phenoxy) is 2. The van der Waals surface area contributed by atoms with Gasteiger partial charge in [0.05, 0.1) is 31.7 Å². The summed E-state index contributed by atoms with van der Waals surface area (Å²) in [6.07, 6.45) is -2.11. The van der Waals surface area contributed by atoms with Gasteiger partial charge in [-0.15, -0.1) is 0 Å². The Hall–Kier alpha value is -2.45. The number of aliphatic hydroxyl groups is 1. The molecule has 0 saturated carbocycles. The topological polar surface area (TPSA) is 130 Å². The summed E-state index contributed by atoms with van der Waals surface area (Å²) < 4.78 is 10.3. The molecule has 8 nitrogen and oxygen atoms in total. The van der Waals surface area contributed by atoms with E-state index in [0.29, 0.717) is 0 Å². The Morgan fingerprint density at radius 2 is 1.77 bits per heavy atom. The zero-order valence-corrected chi connectivity index (χ0v) is 14.8. The fourth-order valence-corrected chi connectivity index (χ4v) is 2.56. The predicted octanol–water partition coefficient (Wildman–Crippen LogP) is 1.31. The number of carboxylic acid groups (broad SMARTS) is 2. The van der Waals surface area contributed by atoms with Crippen LogP contribution in [0.15, 0.2) is 30.3 Å². The van der Waals surface area contributed by atoms with E-state index < -0.39 is 48.4 Å². The van der Waals surface area contributed by atoms with Crippen LogP contribution in [0.1, 0.15) is 25.8 Å². The Kier molecular flexibility index (Phi) is 8.21. The van der Waals surface area contributed by atoms with Crippen molar-refractivity contribution >= 4 is 17.9 Å². The first-order valence-corrected chi connectivity index (χ1v) is 8.04. The van der Waals surface area contributed by atoms with E-state index in [-0.39, 0.29) is 13.2 Å². The molecule has 1 rings (SSSR count). The van der Waals surface area contributed by atoms with Crippen LogP contribution in [0.3, 0.4) is 0 Å². The molecule has 0 fully saturated rings. The molecule has 3 atom stereocenters. The van der Waals surface area contributed by atoms with E-state index in [4.69, 9.17) is 14.6 Å². The molecule has 0 bridgehead atoms. The van der Waals surface area contributed by atoms with Crippen LogP contribution in [0.25, 0.3) is 0 Å². The molecule has 1 aromatic rings. The van der Waals surface area contributed by atoms with Crippen LogP contribution in [0, 0.1) is 11.3 Å². The lowest BCUT2D eigenvalue weighted by Crippen LogP contribution is -2.49. The van der Waals surface area contributed by atoms with Gasteiger partial charge in [-0.1, -0.05) is 37.3 Å². The van der Waals surface area contributed by atoms with Gasteiger partial charge in [-0.2, -0.15) is 0 Å². The van der Waals surface area contributed by atoms with Gasteiger partial charge in [0, 0.05) is 12.3 Å². The number of carbonyl (C=O) groups excluding carboxylic acids is 1. The van der Waals surface area contributed by atoms with Crippen LogP contribution in [-0.2, 0) is 30.5 Å². The molecule has 26 heavy (non-hydrogen) atoms. The normalized spacial score (nSPS) is 15.5. The minimum atomic E-state index is -1.48. The number of esters is 1. The van der Waals surface area contributed by atoms with E-state index >= 15 is 0 Å². The average molecular weight is 368 g/mol. The highest BCUT2D eigenvalue weighted by molar-refractivity contribution is 5.78. The number of aliphatic carboxylic acids is 2. The number of carboxylic acids is 2. The maximum Gasteiger partial charge on any atom is 0.307 e. The summed E-state index contributed by atoms with van der Waals surface area (Å²) in [5, 5.41) is 28.9. The molecule has 0 saturated heterocycles. The molecule has 1 aromatic carbocycles. The van der Waals surface area contributed by atoms with Crippen LogP contribution in [-0.4, -0.2) is 52.5 Å². The van der Waals surface area contributed by atoms with Crippen molar-refractivity contribution in [2.45, 2.75) is 33.0 Å². The molecule has 0 radical (unpaired) electrons. The van der Waals surface area contributed by atoms with E-state index in [1.165, 1.54) is 6.92 Å². The smallest absolute Gasteiger partial charge is 0.307 e. The quantitative estimate of drug-likeness (QED) is 0.498. The van der Waals surface area contributed by atoms with Crippen LogP contribution in [0.5, 0.6) is 0 Å². The van der Waals surface area contributed by atoms with Crippen LogP contribution in [0.2, 0.25) is 0 Å². The fraction of sp³-hybridized carbons (Fsp3) is 0.500. The monoisotopic (exact) mass is 368 g/mol. The second-order valence-corrected chi connectivity index (χ2v) is 6.29. The molecule has 0 spiro atoms. The van der Waals surface area contributed by atoms with Crippen molar-refractivity contribution < 1.29 is 39.2 Å². The highest BCUT2D eigenvalue weighted by Gasteiger charge is 2.46. The fourth-order valence-electron chi connectivity index (χ4n) is 2.56. The number of rotatable bonds is 11. The summed E-state index contributed by atoms with van der Waals surface area (Å²) in [6, 6.07) is 9.11. The standard InChI is InChI=1S/C18H24O8/c1-12(19)26-10-15(20)18(2,14(17(23)24)8-16(21)22)11-25-9-13-6-4-3-5-7-13/h3-7,14-15,20H,8-11H2,1-2H3,(H,21,22)(H,23,24)/t14-,15?,18?/m1/s1. The molecular formula is C18H24O8. The highest BCUT2D eigenvalue weighted by atomic mass is 16.5. The van der Waals surface area contributed by atoms with Crippen molar-refractivity contribution in [1.82, 2.24) is 0 Å². The highest BCUT2D eigenvalue weighted by Crippen LogP contribution is 2.35. The maximum atomic E-state index is 11.6. The second-order valence-electron chi connectivity index (χ2n) is 6.29. The van der Waals surface area contributed by atoms with Gasteiger partial charge < -0.3 is 24.8 Å².